The molecule has 0 aromatic heterocycles. The van der Waals surface area contributed by atoms with E-state index < -0.39 is 5.82 Å². The number of carbonyl (C=O) groups is 2. The van der Waals surface area contributed by atoms with Crippen LogP contribution in [0.1, 0.15) is 36.0 Å². The molecule has 1 aromatic rings. The van der Waals surface area contributed by atoms with Gasteiger partial charge in [-0.1, -0.05) is 23.2 Å². The van der Waals surface area contributed by atoms with Crippen molar-refractivity contribution in [3.63, 3.8) is 0 Å². The quantitative estimate of drug-likeness (QED) is 0.744. The van der Waals surface area contributed by atoms with E-state index in [-0.39, 0.29) is 33.3 Å². The number of halogens is 3. The largest absolute Gasteiger partial charge is 0.342 e. The first-order valence-corrected chi connectivity index (χ1v) is 8.95. The van der Waals surface area contributed by atoms with Crippen LogP contribution in [0.3, 0.4) is 0 Å². The van der Waals surface area contributed by atoms with Gasteiger partial charge in [-0.2, -0.15) is 0 Å². The third-order valence-corrected chi connectivity index (χ3v) is 5.39. The molecular weight excluding hydrogens is 354 g/mol. The van der Waals surface area contributed by atoms with Crippen molar-refractivity contribution in [1.29, 1.82) is 0 Å². The van der Waals surface area contributed by atoms with Gasteiger partial charge in [0.05, 0.1) is 15.6 Å². The number of likely N-dealkylation sites (tertiary alicyclic amines) is 2. The van der Waals surface area contributed by atoms with E-state index in [1.807, 2.05) is 4.90 Å². The lowest BCUT2D eigenvalue weighted by Gasteiger charge is -2.33. The molecule has 1 aromatic carbocycles. The van der Waals surface area contributed by atoms with Crippen molar-refractivity contribution < 1.29 is 14.0 Å². The first-order chi connectivity index (χ1) is 11.5. The van der Waals surface area contributed by atoms with E-state index in [0.717, 1.165) is 32.0 Å². The maximum absolute atomic E-state index is 13.6. The van der Waals surface area contributed by atoms with E-state index in [2.05, 4.69) is 0 Å². The number of hydrogen-bond acceptors (Lipinski definition) is 2. The normalized spacial score (nSPS) is 19.0. The molecule has 0 unspecified atom stereocenters. The van der Waals surface area contributed by atoms with Crippen molar-refractivity contribution in [1.82, 2.24) is 9.80 Å². The summed E-state index contributed by atoms with van der Waals surface area (Å²) in [7, 11) is 0. The minimum absolute atomic E-state index is 0.0235. The Bertz CT molecular complexity index is 654. The SMILES string of the molecule is O=C(c1cc(F)c(Cl)cc1Cl)N1CCC(C(=O)N2CCCC2)CC1. The van der Waals surface area contributed by atoms with Crippen LogP contribution in [0, 0.1) is 11.7 Å². The van der Waals surface area contributed by atoms with Crippen LogP contribution in [-0.4, -0.2) is 47.8 Å². The Morgan fingerprint density at radius 2 is 1.58 bits per heavy atom. The number of piperidine rings is 1. The second-order valence-electron chi connectivity index (χ2n) is 6.35. The van der Waals surface area contributed by atoms with Gasteiger partial charge in [-0.25, -0.2) is 4.39 Å². The Labute approximate surface area is 150 Å². The summed E-state index contributed by atoms with van der Waals surface area (Å²) in [6.07, 6.45) is 3.41. The molecule has 0 spiro atoms. The zero-order valence-corrected chi connectivity index (χ0v) is 14.7. The Kier molecular flexibility index (Phi) is 5.30. The molecular formula is C17H19Cl2FN2O2. The van der Waals surface area contributed by atoms with Crippen molar-refractivity contribution >= 4 is 35.0 Å². The Morgan fingerprint density at radius 1 is 0.958 bits per heavy atom. The third kappa shape index (κ3) is 3.52. The summed E-state index contributed by atoms with van der Waals surface area (Å²) < 4.78 is 13.6. The molecule has 2 aliphatic rings. The smallest absolute Gasteiger partial charge is 0.255 e. The van der Waals surface area contributed by atoms with Crippen LogP contribution >= 0.6 is 23.2 Å². The van der Waals surface area contributed by atoms with Crippen LogP contribution in [0.5, 0.6) is 0 Å². The number of hydrogen-bond donors (Lipinski definition) is 0. The third-order valence-electron chi connectivity index (χ3n) is 4.79. The first kappa shape index (κ1) is 17.5. The van der Waals surface area contributed by atoms with Crippen molar-refractivity contribution in [2.45, 2.75) is 25.7 Å². The van der Waals surface area contributed by atoms with Gasteiger partial charge in [-0.3, -0.25) is 9.59 Å². The average Bonchev–Trinajstić information content (AvgIpc) is 3.11. The van der Waals surface area contributed by atoms with Gasteiger partial charge < -0.3 is 9.80 Å². The lowest BCUT2D eigenvalue weighted by Crippen LogP contribution is -2.43. The lowest BCUT2D eigenvalue weighted by atomic mass is 9.95. The van der Waals surface area contributed by atoms with Gasteiger partial charge in [0, 0.05) is 32.1 Å². The Hall–Kier alpha value is -1.33. The molecule has 2 heterocycles. The summed E-state index contributed by atoms with van der Waals surface area (Å²) in [5, 5.41) is 0.0353. The van der Waals surface area contributed by atoms with E-state index in [0.29, 0.717) is 25.9 Å². The van der Waals surface area contributed by atoms with Gasteiger partial charge in [0.25, 0.3) is 5.91 Å². The van der Waals surface area contributed by atoms with Gasteiger partial charge >= 0.3 is 0 Å². The highest BCUT2D eigenvalue weighted by molar-refractivity contribution is 6.36. The average molecular weight is 373 g/mol. The van der Waals surface area contributed by atoms with Crippen molar-refractivity contribution in [2.75, 3.05) is 26.2 Å². The molecule has 2 amide bonds. The number of amides is 2. The fraction of sp³-hybridized carbons (Fsp3) is 0.529. The molecule has 3 rings (SSSR count). The maximum atomic E-state index is 13.6. The maximum Gasteiger partial charge on any atom is 0.255 e. The summed E-state index contributed by atoms with van der Waals surface area (Å²) in [4.78, 5) is 28.5. The molecule has 2 fully saturated rings. The molecule has 7 heteroatoms. The van der Waals surface area contributed by atoms with Crippen molar-refractivity contribution in [3.8, 4) is 0 Å². The van der Waals surface area contributed by atoms with Crippen molar-refractivity contribution in [3.05, 3.63) is 33.6 Å². The van der Waals surface area contributed by atoms with Crippen LogP contribution in [-0.2, 0) is 4.79 Å². The molecule has 0 aliphatic carbocycles. The van der Waals surface area contributed by atoms with E-state index >= 15 is 0 Å². The fourth-order valence-corrected chi connectivity index (χ4v) is 3.85. The van der Waals surface area contributed by atoms with Crippen molar-refractivity contribution in [2.24, 2.45) is 5.92 Å². The number of rotatable bonds is 2. The van der Waals surface area contributed by atoms with Gasteiger partial charge in [-0.05, 0) is 37.8 Å². The van der Waals surface area contributed by atoms with Gasteiger partial charge in [-0.15, -0.1) is 0 Å². The molecule has 0 saturated carbocycles. The van der Waals surface area contributed by atoms with E-state index in [1.165, 1.54) is 6.07 Å². The molecule has 0 atom stereocenters. The Balaban J connectivity index is 1.63. The summed E-state index contributed by atoms with van der Waals surface area (Å²) in [5.41, 5.74) is 0.114. The highest BCUT2D eigenvalue weighted by Gasteiger charge is 2.32. The zero-order chi connectivity index (χ0) is 17.3. The zero-order valence-electron chi connectivity index (χ0n) is 13.2. The molecule has 0 N–H and O–H groups in total. The monoisotopic (exact) mass is 372 g/mol. The number of nitrogens with zero attached hydrogens (tertiary/aromatic N) is 2. The van der Waals surface area contributed by atoms with E-state index in [9.17, 15) is 14.0 Å². The van der Waals surface area contributed by atoms with Crippen LogP contribution < -0.4 is 0 Å². The highest BCUT2D eigenvalue weighted by atomic mass is 35.5. The fourth-order valence-electron chi connectivity index (χ4n) is 3.38. The van der Waals surface area contributed by atoms with Crippen LogP contribution in [0.4, 0.5) is 4.39 Å². The highest BCUT2D eigenvalue weighted by Crippen LogP contribution is 2.28. The predicted molar refractivity (Wildman–Crippen MR) is 90.9 cm³/mol. The van der Waals surface area contributed by atoms with E-state index in [1.54, 1.807) is 4.90 Å². The van der Waals surface area contributed by atoms with Gasteiger partial charge in [0.1, 0.15) is 5.82 Å². The van der Waals surface area contributed by atoms with Gasteiger partial charge in [0.15, 0.2) is 0 Å². The molecule has 130 valence electrons. The standard InChI is InChI=1S/C17H19Cl2FN2O2/c18-13-10-14(19)15(20)9-12(13)17(24)22-7-3-11(4-8-22)16(23)21-5-1-2-6-21/h9-11H,1-8H2. The summed E-state index contributed by atoms with van der Waals surface area (Å²) in [6.45, 7) is 2.64. The predicted octanol–water partition coefficient (Wildman–Crippen LogP) is 3.61. The molecule has 2 aliphatic heterocycles. The lowest BCUT2D eigenvalue weighted by molar-refractivity contribution is -0.135. The molecule has 4 nitrogen and oxygen atoms in total. The number of benzene rings is 1. The molecule has 0 bridgehead atoms. The molecule has 24 heavy (non-hydrogen) atoms. The summed E-state index contributed by atoms with van der Waals surface area (Å²) in [6, 6.07) is 2.32. The van der Waals surface area contributed by atoms with Crippen LogP contribution in [0.15, 0.2) is 12.1 Å². The minimum atomic E-state index is -0.663. The topological polar surface area (TPSA) is 40.6 Å². The molecule has 0 radical (unpaired) electrons. The van der Waals surface area contributed by atoms with Gasteiger partial charge in [0.2, 0.25) is 5.91 Å². The first-order valence-electron chi connectivity index (χ1n) is 8.20. The minimum Gasteiger partial charge on any atom is -0.342 e. The number of carbonyl (C=O) groups excluding carboxylic acids is 2. The Morgan fingerprint density at radius 3 is 2.21 bits per heavy atom. The summed E-state index contributed by atoms with van der Waals surface area (Å²) >= 11 is 11.7. The molecule has 2 saturated heterocycles. The second-order valence-corrected chi connectivity index (χ2v) is 7.16. The van der Waals surface area contributed by atoms with E-state index in [4.69, 9.17) is 23.2 Å². The van der Waals surface area contributed by atoms with Crippen LogP contribution in [0.25, 0.3) is 0 Å². The second kappa shape index (κ2) is 7.28. The summed E-state index contributed by atoms with van der Waals surface area (Å²) in [5.74, 6) is -0.800. The van der Waals surface area contributed by atoms with Crippen LogP contribution in [0.2, 0.25) is 10.0 Å².